The zero-order valence-corrected chi connectivity index (χ0v) is 8.93. The predicted molar refractivity (Wildman–Crippen MR) is 57.3 cm³/mol. The maximum atomic E-state index is 4.95. The molecule has 6 nitrogen and oxygen atoms in total. The Kier molecular flexibility index (Phi) is 2.32. The minimum atomic E-state index is 0.681. The molecule has 0 atom stereocenters. The minimum absolute atomic E-state index is 0.681. The standard InChI is InChI=1S/C9H13N5O/c1-13(2)9-12-11-8(14(9)3)10-7-4-5-15-6-7/h4-6H,1-3H3,(H,10,11). The number of anilines is 3. The van der Waals surface area contributed by atoms with E-state index in [1.165, 1.54) is 0 Å². The van der Waals surface area contributed by atoms with Crippen molar-refractivity contribution in [3.05, 3.63) is 18.6 Å². The summed E-state index contributed by atoms with van der Waals surface area (Å²) in [5.41, 5.74) is 0.857. The van der Waals surface area contributed by atoms with Gasteiger partial charge in [-0.05, 0) is 6.07 Å². The molecule has 15 heavy (non-hydrogen) atoms. The van der Waals surface area contributed by atoms with Crippen molar-refractivity contribution in [2.75, 3.05) is 24.3 Å². The van der Waals surface area contributed by atoms with Gasteiger partial charge in [0, 0.05) is 21.1 Å². The van der Waals surface area contributed by atoms with Crippen molar-refractivity contribution in [1.82, 2.24) is 14.8 Å². The molecule has 2 aromatic rings. The van der Waals surface area contributed by atoms with E-state index in [-0.39, 0.29) is 0 Å². The molecule has 80 valence electrons. The van der Waals surface area contributed by atoms with Crippen LogP contribution < -0.4 is 10.2 Å². The van der Waals surface area contributed by atoms with Gasteiger partial charge in [0.15, 0.2) is 0 Å². The predicted octanol–water partition coefficient (Wildman–Crippen LogP) is 1.22. The summed E-state index contributed by atoms with van der Waals surface area (Å²) in [6.07, 6.45) is 3.22. The first-order valence-electron chi connectivity index (χ1n) is 4.54. The summed E-state index contributed by atoms with van der Waals surface area (Å²) in [4.78, 5) is 1.90. The fourth-order valence-electron chi connectivity index (χ4n) is 1.28. The first-order valence-corrected chi connectivity index (χ1v) is 4.54. The molecule has 0 aliphatic carbocycles. The van der Waals surface area contributed by atoms with Gasteiger partial charge in [0.1, 0.15) is 6.26 Å². The zero-order valence-electron chi connectivity index (χ0n) is 8.93. The maximum absolute atomic E-state index is 4.95. The van der Waals surface area contributed by atoms with Crippen LogP contribution in [0.4, 0.5) is 17.6 Å². The average molecular weight is 207 g/mol. The van der Waals surface area contributed by atoms with Crippen molar-refractivity contribution >= 4 is 17.6 Å². The molecule has 2 heterocycles. The lowest BCUT2D eigenvalue weighted by molar-refractivity contribution is 0.568. The highest BCUT2D eigenvalue weighted by Crippen LogP contribution is 2.17. The Bertz CT molecular complexity index is 431. The average Bonchev–Trinajstić information content (AvgIpc) is 2.78. The molecule has 0 bridgehead atoms. The van der Waals surface area contributed by atoms with E-state index >= 15 is 0 Å². The third-order valence-corrected chi connectivity index (χ3v) is 2.03. The lowest BCUT2D eigenvalue weighted by Gasteiger charge is -2.10. The highest BCUT2D eigenvalue weighted by molar-refractivity contribution is 5.52. The monoisotopic (exact) mass is 207 g/mol. The minimum Gasteiger partial charge on any atom is -0.470 e. The molecular weight excluding hydrogens is 194 g/mol. The van der Waals surface area contributed by atoms with Gasteiger partial charge in [0.2, 0.25) is 11.9 Å². The fraction of sp³-hybridized carbons (Fsp3) is 0.333. The molecule has 0 aromatic carbocycles. The summed E-state index contributed by atoms with van der Waals surface area (Å²) in [5.74, 6) is 1.47. The van der Waals surface area contributed by atoms with Crippen LogP contribution in [-0.2, 0) is 7.05 Å². The second kappa shape index (κ2) is 3.64. The molecule has 0 saturated heterocycles. The molecule has 0 radical (unpaired) electrons. The van der Waals surface area contributed by atoms with Gasteiger partial charge in [-0.3, -0.25) is 4.57 Å². The van der Waals surface area contributed by atoms with Crippen molar-refractivity contribution < 1.29 is 4.42 Å². The van der Waals surface area contributed by atoms with Crippen LogP contribution in [0.25, 0.3) is 0 Å². The van der Waals surface area contributed by atoms with E-state index in [0.29, 0.717) is 5.95 Å². The van der Waals surface area contributed by atoms with Crippen LogP contribution in [0.3, 0.4) is 0 Å². The normalized spacial score (nSPS) is 10.3. The third kappa shape index (κ3) is 1.78. The van der Waals surface area contributed by atoms with E-state index < -0.39 is 0 Å². The largest absolute Gasteiger partial charge is 0.470 e. The Morgan fingerprint density at radius 1 is 1.40 bits per heavy atom. The summed E-state index contributed by atoms with van der Waals surface area (Å²) >= 11 is 0. The third-order valence-electron chi connectivity index (χ3n) is 2.03. The molecular formula is C9H13N5O. The van der Waals surface area contributed by atoms with Crippen LogP contribution in [0.1, 0.15) is 0 Å². The second-order valence-electron chi connectivity index (χ2n) is 3.41. The van der Waals surface area contributed by atoms with E-state index in [4.69, 9.17) is 4.42 Å². The first kappa shape index (κ1) is 9.57. The molecule has 0 aliphatic rings. The van der Waals surface area contributed by atoms with Crippen LogP contribution >= 0.6 is 0 Å². The Morgan fingerprint density at radius 3 is 2.73 bits per heavy atom. The van der Waals surface area contributed by atoms with Crippen LogP contribution in [-0.4, -0.2) is 28.9 Å². The molecule has 0 spiro atoms. The molecule has 2 rings (SSSR count). The molecule has 0 amide bonds. The first-order chi connectivity index (χ1) is 7.18. The number of nitrogens with one attached hydrogen (secondary N) is 1. The molecule has 6 heteroatoms. The Hall–Kier alpha value is -1.98. The van der Waals surface area contributed by atoms with Crippen LogP contribution in [0.5, 0.6) is 0 Å². The van der Waals surface area contributed by atoms with Gasteiger partial charge in [-0.1, -0.05) is 0 Å². The molecule has 0 aliphatic heterocycles. The van der Waals surface area contributed by atoms with Crippen molar-refractivity contribution in [2.24, 2.45) is 7.05 Å². The number of aromatic nitrogens is 3. The van der Waals surface area contributed by atoms with E-state index in [1.807, 2.05) is 36.7 Å². The van der Waals surface area contributed by atoms with Gasteiger partial charge in [0.05, 0.1) is 12.0 Å². The Morgan fingerprint density at radius 2 is 2.20 bits per heavy atom. The smallest absolute Gasteiger partial charge is 0.230 e. The van der Waals surface area contributed by atoms with Gasteiger partial charge in [-0.25, -0.2) is 0 Å². The van der Waals surface area contributed by atoms with Crippen molar-refractivity contribution in [3.8, 4) is 0 Å². The second-order valence-corrected chi connectivity index (χ2v) is 3.41. The topological polar surface area (TPSA) is 59.1 Å². The molecule has 2 aromatic heterocycles. The van der Waals surface area contributed by atoms with Crippen LogP contribution in [0, 0.1) is 0 Å². The zero-order chi connectivity index (χ0) is 10.8. The summed E-state index contributed by atoms with van der Waals surface area (Å²) < 4.78 is 6.82. The lowest BCUT2D eigenvalue weighted by Crippen LogP contribution is -2.14. The van der Waals surface area contributed by atoms with Gasteiger partial charge < -0.3 is 14.6 Å². The van der Waals surface area contributed by atoms with Crippen molar-refractivity contribution in [3.63, 3.8) is 0 Å². The van der Waals surface area contributed by atoms with Crippen molar-refractivity contribution in [1.29, 1.82) is 0 Å². The molecule has 1 N–H and O–H groups in total. The van der Waals surface area contributed by atoms with Gasteiger partial charge >= 0.3 is 0 Å². The number of hydrogen-bond acceptors (Lipinski definition) is 5. The summed E-state index contributed by atoms with van der Waals surface area (Å²) in [5, 5.41) is 11.2. The van der Waals surface area contributed by atoms with Crippen LogP contribution in [0.2, 0.25) is 0 Å². The van der Waals surface area contributed by atoms with Gasteiger partial charge in [0.25, 0.3) is 0 Å². The fourth-order valence-corrected chi connectivity index (χ4v) is 1.28. The number of furan rings is 1. The van der Waals surface area contributed by atoms with E-state index in [1.54, 1.807) is 12.5 Å². The molecule has 0 fully saturated rings. The van der Waals surface area contributed by atoms with E-state index in [0.717, 1.165) is 11.6 Å². The Balaban J connectivity index is 2.23. The number of rotatable bonds is 3. The molecule has 0 unspecified atom stereocenters. The Labute approximate surface area is 87.5 Å². The lowest BCUT2D eigenvalue weighted by atomic mass is 10.5. The van der Waals surface area contributed by atoms with Crippen molar-refractivity contribution in [2.45, 2.75) is 0 Å². The number of nitrogens with zero attached hydrogens (tertiary/aromatic N) is 4. The molecule has 0 saturated carbocycles. The van der Waals surface area contributed by atoms with E-state index in [9.17, 15) is 0 Å². The maximum Gasteiger partial charge on any atom is 0.230 e. The highest BCUT2D eigenvalue weighted by Gasteiger charge is 2.09. The summed E-state index contributed by atoms with van der Waals surface area (Å²) in [6, 6.07) is 1.82. The van der Waals surface area contributed by atoms with Gasteiger partial charge in [-0.2, -0.15) is 0 Å². The quantitative estimate of drug-likeness (QED) is 0.820. The number of hydrogen-bond donors (Lipinski definition) is 1. The SMILES string of the molecule is CN(C)c1nnc(Nc2ccoc2)n1C. The van der Waals surface area contributed by atoms with Crippen LogP contribution in [0.15, 0.2) is 23.0 Å². The summed E-state index contributed by atoms with van der Waals surface area (Å²) in [7, 11) is 5.75. The van der Waals surface area contributed by atoms with Gasteiger partial charge in [-0.15, -0.1) is 10.2 Å². The highest BCUT2D eigenvalue weighted by atomic mass is 16.3. The van der Waals surface area contributed by atoms with E-state index in [2.05, 4.69) is 15.5 Å². The summed E-state index contributed by atoms with van der Waals surface area (Å²) in [6.45, 7) is 0.